The van der Waals surface area contributed by atoms with Gasteiger partial charge in [-0.25, -0.2) is 9.78 Å². The second-order valence-electron chi connectivity index (χ2n) is 5.11. The van der Waals surface area contributed by atoms with E-state index in [1.165, 1.54) is 5.56 Å². The van der Waals surface area contributed by atoms with Gasteiger partial charge >= 0.3 is 6.03 Å². The van der Waals surface area contributed by atoms with Crippen LogP contribution in [-0.2, 0) is 6.54 Å². The van der Waals surface area contributed by atoms with Crippen LogP contribution in [0.4, 0.5) is 4.79 Å². The normalized spacial score (nSPS) is 11.9. The summed E-state index contributed by atoms with van der Waals surface area (Å²) in [6.07, 6.45) is 2.69. The highest BCUT2D eigenvalue weighted by Crippen LogP contribution is 2.17. The second-order valence-corrected chi connectivity index (χ2v) is 6.09. The van der Waals surface area contributed by atoms with Gasteiger partial charge in [0, 0.05) is 25.2 Å². The molecule has 1 aromatic heterocycles. The predicted molar refractivity (Wildman–Crippen MR) is 86.5 cm³/mol. The van der Waals surface area contributed by atoms with Gasteiger partial charge in [-0.05, 0) is 17.9 Å². The first-order valence-corrected chi connectivity index (χ1v) is 7.97. The fourth-order valence-electron chi connectivity index (χ4n) is 2.08. The standard InChI is InChI=1S/C16H21N3OS/c1-13(14-6-4-3-5-7-14)8-9-18-16(20)19(2)12-15-17-10-11-21-15/h3-7,10-11,13H,8-9,12H2,1-2H3,(H,18,20). The second kappa shape index (κ2) is 7.78. The first-order chi connectivity index (χ1) is 10.2. The number of rotatable bonds is 6. The number of thiazole rings is 1. The molecule has 0 saturated heterocycles. The van der Waals surface area contributed by atoms with Crippen molar-refractivity contribution in [3.05, 3.63) is 52.5 Å². The molecular formula is C16H21N3OS. The zero-order chi connectivity index (χ0) is 15.1. The first kappa shape index (κ1) is 15.5. The Morgan fingerprint density at radius 2 is 2.14 bits per heavy atom. The highest BCUT2D eigenvalue weighted by Gasteiger charge is 2.11. The van der Waals surface area contributed by atoms with E-state index in [1.807, 2.05) is 23.6 Å². The third-order valence-electron chi connectivity index (χ3n) is 3.42. The molecule has 0 aliphatic rings. The molecular weight excluding hydrogens is 282 g/mol. The van der Waals surface area contributed by atoms with Gasteiger partial charge in [-0.3, -0.25) is 0 Å². The van der Waals surface area contributed by atoms with Crippen LogP contribution in [0.3, 0.4) is 0 Å². The van der Waals surface area contributed by atoms with E-state index in [0.717, 1.165) is 11.4 Å². The van der Waals surface area contributed by atoms with E-state index >= 15 is 0 Å². The Balaban J connectivity index is 1.71. The Kier molecular flexibility index (Phi) is 5.75. The summed E-state index contributed by atoms with van der Waals surface area (Å²) in [6, 6.07) is 10.3. The van der Waals surface area contributed by atoms with E-state index in [9.17, 15) is 4.79 Å². The van der Waals surface area contributed by atoms with Gasteiger partial charge in [0.25, 0.3) is 0 Å². The average molecular weight is 303 g/mol. The lowest BCUT2D eigenvalue weighted by molar-refractivity contribution is 0.206. The highest BCUT2D eigenvalue weighted by molar-refractivity contribution is 7.09. The molecule has 0 aliphatic carbocycles. The Hall–Kier alpha value is -1.88. The van der Waals surface area contributed by atoms with E-state index in [1.54, 1.807) is 29.5 Å². The zero-order valence-corrected chi connectivity index (χ0v) is 13.3. The summed E-state index contributed by atoms with van der Waals surface area (Å²) < 4.78 is 0. The topological polar surface area (TPSA) is 45.2 Å². The lowest BCUT2D eigenvalue weighted by Gasteiger charge is -2.18. The van der Waals surface area contributed by atoms with Crippen LogP contribution in [0.5, 0.6) is 0 Å². The molecule has 0 aliphatic heterocycles. The van der Waals surface area contributed by atoms with Gasteiger partial charge in [0.1, 0.15) is 5.01 Å². The number of nitrogens with one attached hydrogen (secondary N) is 1. The molecule has 0 spiro atoms. The Morgan fingerprint density at radius 3 is 2.81 bits per heavy atom. The maximum absolute atomic E-state index is 12.0. The van der Waals surface area contributed by atoms with Crippen LogP contribution in [0.2, 0.25) is 0 Å². The Morgan fingerprint density at radius 1 is 1.38 bits per heavy atom. The van der Waals surface area contributed by atoms with Crippen LogP contribution in [-0.4, -0.2) is 29.5 Å². The number of hydrogen-bond acceptors (Lipinski definition) is 3. The number of nitrogens with zero attached hydrogens (tertiary/aromatic N) is 2. The van der Waals surface area contributed by atoms with Crippen molar-refractivity contribution in [2.75, 3.05) is 13.6 Å². The minimum atomic E-state index is -0.0505. The summed E-state index contributed by atoms with van der Waals surface area (Å²) in [5, 5.41) is 5.83. The molecule has 1 aromatic carbocycles. The highest BCUT2D eigenvalue weighted by atomic mass is 32.1. The fourth-order valence-corrected chi connectivity index (χ4v) is 2.75. The molecule has 0 fully saturated rings. The molecule has 1 atom stereocenters. The van der Waals surface area contributed by atoms with Crippen LogP contribution >= 0.6 is 11.3 Å². The maximum atomic E-state index is 12.0. The first-order valence-electron chi connectivity index (χ1n) is 7.09. The third-order valence-corrected chi connectivity index (χ3v) is 4.19. The molecule has 2 aromatic rings. The van der Waals surface area contributed by atoms with Crippen LogP contribution in [0, 0.1) is 0 Å². The van der Waals surface area contributed by atoms with E-state index in [0.29, 0.717) is 19.0 Å². The van der Waals surface area contributed by atoms with Crippen molar-refractivity contribution >= 4 is 17.4 Å². The molecule has 0 bridgehead atoms. The van der Waals surface area contributed by atoms with Gasteiger partial charge in [-0.15, -0.1) is 11.3 Å². The van der Waals surface area contributed by atoms with Gasteiger partial charge in [0.05, 0.1) is 6.54 Å². The number of benzene rings is 1. The van der Waals surface area contributed by atoms with E-state index in [-0.39, 0.29) is 6.03 Å². The van der Waals surface area contributed by atoms with Crippen LogP contribution in [0.15, 0.2) is 41.9 Å². The van der Waals surface area contributed by atoms with Crippen molar-refractivity contribution in [3.63, 3.8) is 0 Å². The largest absolute Gasteiger partial charge is 0.338 e. The smallest absolute Gasteiger partial charge is 0.317 e. The van der Waals surface area contributed by atoms with Crippen LogP contribution < -0.4 is 5.32 Å². The summed E-state index contributed by atoms with van der Waals surface area (Å²) in [7, 11) is 1.79. The minimum absolute atomic E-state index is 0.0505. The molecule has 2 rings (SSSR count). The number of hydrogen-bond donors (Lipinski definition) is 1. The van der Waals surface area contributed by atoms with Crippen molar-refractivity contribution < 1.29 is 4.79 Å². The Bertz CT molecular complexity index is 542. The number of amides is 2. The van der Waals surface area contributed by atoms with Gasteiger partial charge < -0.3 is 10.2 Å². The number of urea groups is 1. The number of carbonyl (C=O) groups excluding carboxylic acids is 1. The average Bonchev–Trinajstić information content (AvgIpc) is 3.00. The molecule has 2 amide bonds. The van der Waals surface area contributed by atoms with Crippen molar-refractivity contribution in [1.29, 1.82) is 0 Å². The van der Waals surface area contributed by atoms with Gasteiger partial charge in [0.15, 0.2) is 0 Å². The minimum Gasteiger partial charge on any atom is -0.338 e. The number of carbonyl (C=O) groups is 1. The van der Waals surface area contributed by atoms with Crippen molar-refractivity contribution in [2.24, 2.45) is 0 Å². The molecule has 5 heteroatoms. The summed E-state index contributed by atoms with van der Waals surface area (Å²) in [5.41, 5.74) is 1.31. The lowest BCUT2D eigenvalue weighted by Crippen LogP contribution is -2.37. The molecule has 1 N–H and O–H groups in total. The molecule has 4 nitrogen and oxygen atoms in total. The van der Waals surface area contributed by atoms with Crippen molar-refractivity contribution in [1.82, 2.24) is 15.2 Å². The molecule has 1 unspecified atom stereocenters. The van der Waals surface area contributed by atoms with Crippen molar-refractivity contribution in [2.45, 2.75) is 25.8 Å². The summed E-state index contributed by atoms with van der Waals surface area (Å²) >= 11 is 1.56. The monoisotopic (exact) mass is 303 g/mol. The van der Waals surface area contributed by atoms with E-state index < -0.39 is 0 Å². The van der Waals surface area contributed by atoms with Gasteiger partial charge in [0.2, 0.25) is 0 Å². The summed E-state index contributed by atoms with van der Waals surface area (Å²) in [5.74, 6) is 0.441. The SMILES string of the molecule is CC(CCNC(=O)N(C)Cc1nccs1)c1ccccc1. The van der Waals surface area contributed by atoms with Crippen molar-refractivity contribution in [3.8, 4) is 0 Å². The maximum Gasteiger partial charge on any atom is 0.317 e. The summed E-state index contributed by atoms with van der Waals surface area (Å²) in [6.45, 7) is 3.41. The molecule has 21 heavy (non-hydrogen) atoms. The fraction of sp³-hybridized carbons (Fsp3) is 0.375. The van der Waals surface area contributed by atoms with Crippen LogP contribution in [0.25, 0.3) is 0 Å². The number of aromatic nitrogens is 1. The summed E-state index contributed by atoms with van der Waals surface area (Å²) in [4.78, 5) is 17.8. The quantitative estimate of drug-likeness (QED) is 0.888. The third kappa shape index (κ3) is 4.86. The van der Waals surface area contributed by atoms with Crippen LogP contribution in [0.1, 0.15) is 29.8 Å². The van der Waals surface area contributed by atoms with E-state index in [2.05, 4.69) is 29.4 Å². The van der Waals surface area contributed by atoms with Gasteiger partial charge in [-0.2, -0.15) is 0 Å². The molecule has 0 saturated carbocycles. The molecule has 1 heterocycles. The molecule has 112 valence electrons. The Labute approximate surface area is 129 Å². The van der Waals surface area contributed by atoms with E-state index in [4.69, 9.17) is 0 Å². The predicted octanol–water partition coefficient (Wildman–Crippen LogP) is 3.48. The lowest BCUT2D eigenvalue weighted by atomic mass is 9.98. The zero-order valence-electron chi connectivity index (χ0n) is 12.5. The van der Waals surface area contributed by atoms with Gasteiger partial charge in [-0.1, -0.05) is 37.3 Å². The molecule has 0 radical (unpaired) electrons.